The Labute approximate surface area is 98.4 Å². The molecule has 90 valence electrons. The maximum absolute atomic E-state index is 5.11. The first kappa shape index (κ1) is 11.7. The average molecular weight is 221 g/mol. The summed E-state index contributed by atoms with van der Waals surface area (Å²) in [7, 11) is 0. The molecule has 2 heteroatoms. The molecule has 2 rings (SSSR count). The monoisotopic (exact) mass is 221 g/mol. The van der Waals surface area contributed by atoms with Gasteiger partial charge in [0.25, 0.3) is 0 Å². The Hall–Kier alpha value is -0.760. The molecule has 0 aromatic carbocycles. The number of nitrogens with one attached hydrogen (secondary N) is 1. The fraction of sp³-hybridized carbons (Fsp3) is 0.714. The van der Waals surface area contributed by atoms with Gasteiger partial charge in [0, 0.05) is 18.2 Å². The molecule has 1 aliphatic rings. The Kier molecular flexibility index (Phi) is 3.70. The highest BCUT2D eigenvalue weighted by molar-refractivity contribution is 5.10. The van der Waals surface area contributed by atoms with Crippen LogP contribution in [0.3, 0.4) is 0 Å². The summed E-state index contributed by atoms with van der Waals surface area (Å²) in [5.74, 6) is 0. The zero-order valence-corrected chi connectivity index (χ0v) is 10.5. The Balaban J connectivity index is 1.82. The Morgan fingerprint density at radius 2 is 2.12 bits per heavy atom. The van der Waals surface area contributed by atoms with Crippen molar-refractivity contribution in [3.63, 3.8) is 0 Å². The van der Waals surface area contributed by atoms with Crippen LogP contribution in [-0.4, -0.2) is 6.54 Å². The van der Waals surface area contributed by atoms with Crippen LogP contribution in [0.15, 0.2) is 23.0 Å². The van der Waals surface area contributed by atoms with E-state index in [2.05, 4.69) is 19.2 Å². The molecule has 1 heterocycles. The highest BCUT2D eigenvalue weighted by Gasteiger charge is 2.26. The van der Waals surface area contributed by atoms with Gasteiger partial charge < -0.3 is 9.73 Å². The minimum Gasteiger partial charge on any atom is -0.472 e. The first-order valence-corrected chi connectivity index (χ1v) is 6.45. The molecule has 1 aliphatic carbocycles. The summed E-state index contributed by atoms with van der Waals surface area (Å²) in [6.45, 7) is 5.75. The highest BCUT2D eigenvalue weighted by atomic mass is 16.3. The van der Waals surface area contributed by atoms with E-state index < -0.39 is 0 Å². The molecule has 1 saturated carbocycles. The van der Waals surface area contributed by atoms with Gasteiger partial charge in [0.05, 0.1) is 12.5 Å². The van der Waals surface area contributed by atoms with Crippen LogP contribution in [0.2, 0.25) is 0 Å². The second kappa shape index (κ2) is 5.05. The van der Waals surface area contributed by atoms with E-state index in [9.17, 15) is 0 Å². The third-order valence-corrected chi connectivity index (χ3v) is 3.94. The third-order valence-electron chi connectivity index (χ3n) is 3.94. The minimum absolute atomic E-state index is 0.400. The van der Waals surface area contributed by atoms with Crippen molar-refractivity contribution in [1.29, 1.82) is 0 Å². The molecule has 1 atom stereocenters. The summed E-state index contributed by atoms with van der Waals surface area (Å²) in [6.07, 6.45) is 10.6. The van der Waals surface area contributed by atoms with Crippen LogP contribution >= 0.6 is 0 Å². The molecule has 0 aliphatic heterocycles. The summed E-state index contributed by atoms with van der Waals surface area (Å²) in [4.78, 5) is 0. The van der Waals surface area contributed by atoms with Crippen molar-refractivity contribution in [2.45, 2.75) is 52.0 Å². The number of furan rings is 1. The van der Waals surface area contributed by atoms with Crippen LogP contribution in [0.4, 0.5) is 0 Å². The summed E-state index contributed by atoms with van der Waals surface area (Å²) in [5, 5.41) is 3.64. The van der Waals surface area contributed by atoms with Crippen LogP contribution in [-0.2, 0) is 0 Å². The van der Waals surface area contributed by atoms with Gasteiger partial charge in [0.1, 0.15) is 0 Å². The maximum Gasteiger partial charge on any atom is 0.0950 e. The lowest BCUT2D eigenvalue weighted by atomic mass is 9.75. The van der Waals surface area contributed by atoms with Gasteiger partial charge in [-0.1, -0.05) is 26.2 Å². The quantitative estimate of drug-likeness (QED) is 0.834. The third kappa shape index (κ3) is 2.88. The fourth-order valence-corrected chi connectivity index (χ4v) is 2.62. The smallest absolute Gasteiger partial charge is 0.0950 e. The second-order valence-corrected chi connectivity index (χ2v) is 5.53. The molecule has 1 unspecified atom stereocenters. The van der Waals surface area contributed by atoms with Crippen molar-refractivity contribution in [2.75, 3.05) is 6.54 Å². The van der Waals surface area contributed by atoms with Crippen molar-refractivity contribution in [3.05, 3.63) is 24.2 Å². The molecule has 2 nitrogen and oxygen atoms in total. The lowest BCUT2D eigenvalue weighted by Crippen LogP contribution is -2.34. The van der Waals surface area contributed by atoms with Crippen LogP contribution in [0.5, 0.6) is 0 Å². The zero-order chi connectivity index (χ0) is 11.4. The van der Waals surface area contributed by atoms with Crippen LogP contribution in [0, 0.1) is 5.41 Å². The largest absolute Gasteiger partial charge is 0.472 e. The van der Waals surface area contributed by atoms with Gasteiger partial charge in [-0.15, -0.1) is 0 Å². The Morgan fingerprint density at radius 1 is 1.38 bits per heavy atom. The summed E-state index contributed by atoms with van der Waals surface area (Å²) >= 11 is 0. The van der Waals surface area contributed by atoms with Crippen molar-refractivity contribution >= 4 is 0 Å². The zero-order valence-electron chi connectivity index (χ0n) is 10.5. The maximum atomic E-state index is 5.11. The number of hydrogen-bond acceptors (Lipinski definition) is 2. The van der Waals surface area contributed by atoms with E-state index in [0.717, 1.165) is 6.54 Å². The average Bonchev–Trinajstić information content (AvgIpc) is 2.80. The molecular formula is C14H23NO. The van der Waals surface area contributed by atoms with E-state index in [1.54, 1.807) is 6.26 Å². The summed E-state index contributed by atoms with van der Waals surface area (Å²) < 4.78 is 5.11. The Bertz CT molecular complexity index is 299. The molecule has 0 spiro atoms. The fourth-order valence-electron chi connectivity index (χ4n) is 2.62. The molecule has 1 fully saturated rings. The van der Waals surface area contributed by atoms with E-state index in [-0.39, 0.29) is 0 Å². The van der Waals surface area contributed by atoms with E-state index in [4.69, 9.17) is 4.42 Å². The van der Waals surface area contributed by atoms with E-state index >= 15 is 0 Å². The molecule has 16 heavy (non-hydrogen) atoms. The van der Waals surface area contributed by atoms with Gasteiger partial charge in [0.15, 0.2) is 0 Å². The van der Waals surface area contributed by atoms with E-state index in [1.165, 1.54) is 37.7 Å². The normalized spacial score (nSPS) is 21.9. The van der Waals surface area contributed by atoms with Crippen LogP contribution in [0.1, 0.15) is 57.6 Å². The van der Waals surface area contributed by atoms with Gasteiger partial charge in [-0.2, -0.15) is 0 Å². The summed E-state index contributed by atoms with van der Waals surface area (Å²) in [6, 6.07) is 2.44. The second-order valence-electron chi connectivity index (χ2n) is 5.53. The van der Waals surface area contributed by atoms with Gasteiger partial charge >= 0.3 is 0 Å². The molecule has 0 bridgehead atoms. The molecule has 0 radical (unpaired) electrons. The van der Waals surface area contributed by atoms with Gasteiger partial charge in [0.2, 0.25) is 0 Å². The van der Waals surface area contributed by atoms with Gasteiger partial charge in [-0.05, 0) is 31.2 Å². The van der Waals surface area contributed by atoms with Crippen LogP contribution < -0.4 is 5.32 Å². The molecule has 1 aromatic rings. The predicted molar refractivity (Wildman–Crippen MR) is 66.3 cm³/mol. The molecular weight excluding hydrogens is 198 g/mol. The molecule has 0 amide bonds. The summed E-state index contributed by atoms with van der Waals surface area (Å²) in [5.41, 5.74) is 1.76. The molecule has 0 saturated heterocycles. The van der Waals surface area contributed by atoms with Crippen LogP contribution in [0.25, 0.3) is 0 Å². The van der Waals surface area contributed by atoms with Gasteiger partial charge in [-0.25, -0.2) is 0 Å². The lowest BCUT2D eigenvalue weighted by molar-refractivity contribution is 0.202. The molecule has 1 aromatic heterocycles. The van der Waals surface area contributed by atoms with Crippen molar-refractivity contribution in [1.82, 2.24) is 5.32 Å². The van der Waals surface area contributed by atoms with Crippen molar-refractivity contribution in [2.24, 2.45) is 5.41 Å². The standard InChI is InChI=1S/C14H23NO/c1-12(13-6-9-16-10-13)15-11-14(2)7-4-3-5-8-14/h6,9-10,12,15H,3-5,7-8,11H2,1-2H3. The highest BCUT2D eigenvalue weighted by Crippen LogP contribution is 2.35. The van der Waals surface area contributed by atoms with Crippen molar-refractivity contribution < 1.29 is 4.42 Å². The SMILES string of the molecule is CC(NCC1(C)CCCCC1)c1ccoc1. The first-order chi connectivity index (χ1) is 7.70. The molecule has 1 N–H and O–H groups in total. The Morgan fingerprint density at radius 3 is 2.75 bits per heavy atom. The van der Waals surface area contributed by atoms with Crippen molar-refractivity contribution in [3.8, 4) is 0 Å². The predicted octanol–water partition coefficient (Wildman–Crippen LogP) is 3.90. The minimum atomic E-state index is 0.400. The number of hydrogen-bond donors (Lipinski definition) is 1. The van der Waals surface area contributed by atoms with E-state index in [0.29, 0.717) is 11.5 Å². The topological polar surface area (TPSA) is 25.2 Å². The first-order valence-electron chi connectivity index (χ1n) is 6.45. The number of rotatable bonds is 4. The lowest BCUT2D eigenvalue weighted by Gasteiger charge is -2.34. The van der Waals surface area contributed by atoms with Gasteiger partial charge in [-0.3, -0.25) is 0 Å². The van der Waals surface area contributed by atoms with E-state index in [1.807, 2.05) is 12.3 Å².